The van der Waals surface area contributed by atoms with Crippen LogP contribution in [0.2, 0.25) is 5.02 Å². The highest BCUT2D eigenvalue weighted by molar-refractivity contribution is 6.30. The van der Waals surface area contributed by atoms with Crippen molar-refractivity contribution in [2.45, 2.75) is 13.3 Å². The number of carbonyl (C=O) groups excluding carboxylic acids is 4. The smallest absolute Gasteiger partial charge is 0.308 e. The molecule has 0 radical (unpaired) electrons. The average molecular weight is 403 g/mol. The van der Waals surface area contributed by atoms with Crippen LogP contribution in [0.1, 0.15) is 34.1 Å². The van der Waals surface area contributed by atoms with E-state index in [1.807, 2.05) is 0 Å². The highest BCUT2D eigenvalue weighted by Gasteiger charge is 2.10. The van der Waals surface area contributed by atoms with Gasteiger partial charge in [-0.3, -0.25) is 19.2 Å². The van der Waals surface area contributed by atoms with Crippen LogP contribution in [0.25, 0.3) is 0 Å². The summed E-state index contributed by atoms with van der Waals surface area (Å²) in [5, 5.41) is 5.64. The van der Waals surface area contributed by atoms with E-state index in [-0.39, 0.29) is 24.7 Å². The second kappa shape index (κ2) is 10.2. The number of ketones is 1. The number of halogens is 1. The Morgan fingerprint density at radius 1 is 1.00 bits per heavy atom. The standard InChI is InChI=1S/C20H19ClN2O5/c1-13(24)15-3-2-4-17(11-15)23-18(25)12-28-19(26)9-10-22-20(27)14-5-7-16(21)8-6-14/h2-8,11H,9-10,12H2,1H3,(H,22,27)(H,23,25). The molecule has 0 saturated heterocycles. The van der Waals surface area contributed by atoms with Gasteiger partial charge in [0.1, 0.15) is 0 Å². The van der Waals surface area contributed by atoms with E-state index < -0.39 is 18.5 Å². The van der Waals surface area contributed by atoms with Gasteiger partial charge >= 0.3 is 5.97 Å². The van der Waals surface area contributed by atoms with E-state index >= 15 is 0 Å². The minimum absolute atomic E-state index is 0.0720. The van der Waals surface area contributed by atoms with Gasteiger partial charge in [0.2, 0.25) is 0 Å². The molecule has 0 unspecified atom stereocenters. The van der Waals surface area contributed by atoms with Crippen molar-refractivity contribution in [3.63, 3.8) is 0 Å². The average Bonchev–Trinajstić information content (AvgIpc) is 2.67. The number of esters is 1. The first-order valence-corrected chi connectivity index (χ1v) is 8.83. The van der Waals surface area contributed by atoms with Crippen molar-refractivity contribution in [1.82, 2.24) is 5.32 Å². The molecule has 146 valence electrons. The van der Waals surface area contributed by atoms with Gasteiger partial charge in [0, 0.05) is 28.4 Å². The molecule has 2 aromatic rings. The second-order valence-corrected chi connectivity index (χ2v) is 6.30. The zero-order valence-corrected chi connectivity index (χ0v) is 15.9. The van der Waals surface area contributed by atoms with Crippen LogP contribution in [0.15, 0.2) is 48.5 Å². The molecule has 0 aliphatic carbocycles. The van der Waals surface area contributed by atoms with Crippen LogP contribution in [0.4, 0.5) is 5.69 Å². The summed E-state index contributed by atoms with van der Waals surface area (Å²) in [5.74, 6) is -1.61. The predicted octanol–water partition coefficient (Wildman–Crippen LogP) is 2.84. The minimum Gasteiger partial charge on any atom is -0.456 e. The van der Waals surface area contributed by atoms with Crippen molar-refractivity contribution < 1.29 is 23.9 Å². The molecular formula is C20H19ClN2O5. The molecule has 2 rings (SSSR count). The van der Waals surface area contributed by atoms with Gasteiger partial charge in [-0.25, -0.2) is 0 Å². The van der Waals surface area contributed by atoms with Crippen molar-refractivity contribution in [3.8, 4) is 0 Å². The fraction of sp³-hybridized carbons (Fsp3) is 0.200. The molecule has 8 heteroatoms. The maximum Gasteiger partial charge on any atom is 0.308 e. The number of nitrogens with one attached hydrogen (secondary N) is 2. The first kappa shape index (κ1) is 21.1. The lowest BCUT2D eigenvalue weighted by Crippen LogP contribution is -2.27. The van der Waals surface area contributed by atoms with E-state index in [2.05, 4.69) is 10.6 Å². The molecular weight excluding hydrogens is 384 g/mol. The summed E-state index contributed by atoms with van der Waals surface area (Å²) in [4.78, 5) is 46.8. The predicted molar refractivity (Wildman–Crippen MR) is 104 cm³/mol. The van der Waals surface area contributed by atoms with E-state index in [9.17, 15) is 19.2 Å². The summed E-state index contributed by atoms with van der Waals surface area (Å²) in [6.07, 6.45) is -0.0770. The van der Waals surface area contributed by atoms with Crippen LogP contribution < -0.4 is 10.6 Å². The largest absolute Gasteiger partial charge is 0.456 e. The number of amides is 2. The number of ether oxygens (including phenoxy) is 1. The highest BCUT2D eigenvalue weighted by atomic mass is 35.5. The number of carbonyl (C=O) groups is 4. The van der Waals surface area contributed by atoms with Crippen LogP contribution in [0.3, 0.4) is 0 Å². The molecule has 0 bridgehead atoms. The molecule has 2 N–H and O–H groups in total. The second-order valence-electron chi connectivity index (χ2n) is 5.86. The van der Waals surface area contributed by atoms with Gasteiger partial charge in [-0.05, 0) is 43.3 Å². The zero-order chi connectivity index (χ0) is 20.5. The number of Topliss-reactive ketones (excluding diaryl/α,β-unsaturated/α-hetero) is 1. The molecule has 2 amide bonds. The summed E-state index contributed by atoms with van der Waals surface area (Å²) >= 11 is 5.75. The van der Waals surface area contributed by atoms with Crippen LogP contribution in [-0.4, -0.2) is 36.7 Å². The zero-order valence-electron chi connectivity index (χ0n) is 15.2. The summed E-state index contributed by atoms with van der Waals surface area (Å²) in [6.45, 7) is 1.03. The molecule has 0 atom stereocenters. The van der Waals surface area contributed by atoms with E-state index in [1.165, 1.54) is 13.0 Å². The Kier molecular flexibility index (Phi) is 7.71. The van der Waals surface area contributed by atoms with Crippen molar-refractivity contribution in [1.29, 1.82) is 0 Å². The topological polar surface area (TPSA) is 102 Å². The molecule has 0 heterocycles. The molecule has 0 saturated carbocycles. The molecule has 2 aromatic carbocycles. The molecule has 7 nitrogen and oxygen atoms in total. The molecule has 0 aliphatic heterocycles. The summed E-state index contributed by atoms with van der Waals surface area (Å²) < 4.78 is 4.87. The quantitative estimate of drug-likeness (QED) is 0.522. The third-order valence-corrected chi connectivity index (χ3v) is 3.89. The Labute approximate surface area is 167 Å². The maximum atomic E-state index is 11.9. The van der Waals surface area contributed by atoms with Crippen molar-refractivity contribution >= 4 is 40.9 Å². The van der Waals surface area contributed by atoms with Gasteiger partial charge in [0.15, 0.2) is 12.4 Å². The Bertz CT molecular complexity index is 880. The Balaban J connectivity index is 1.69. The van der Waals surface area contributed by atoms with E-state index in [1.54, 1.807) is 42.5 Å². The van der Waals surface area contributed by atoms with E-state index in [0.717, 1.165) is 0 Å². The Morgan fingerprint density at radius 2 is 1.71 bits per heavy atom. The van der Waals surface area contributed by atoms with Gasteiger partial charge in [-0.2, -0.15) is 0 Å². The number of anilines is 1. The van der Waals surface area contributed by atoms with Gasteiger partial charge in [0.25, 0.3) is 11.8 Å². The lowest BCUT2D eigenvalue weighted by atomic mass is 10.1. The van der Waals surface area contributed by atoms with Crippen LogP contribution in [0.5, 0.6) is 0 Å². The Hall–Kier alpha value is -3.19. The number of rotatable bonds is 8. The minimum atomic E-state index is -0.621. The van der Waals surface area contributed by atoms with Crippen LogP contribution >= 0.6 is 11.6 Å². The summed E-state index contributed by atoms with van der Waals surface area (Å²) in [6, 6.07) is 12.8. The fourth-order valence-electron chi connectivity index (χ4n) is 2.21. The van der Waals surface area contributed by atoms with E-state index in [4.69, 9.17) is 16.3 Å². The van der Waals surface area contributed by atoms with Crippen LogP contribution in [-0.2, 0) is 14.3 Å². The normalized spacial score (nSPS) is 10.1. The van der Waals surface area contributed by atoms with E-state index in [0.29, 0.717) is 21.8 Å². The van der Waals surface area contributed by atoms with Crippen molar-refractivity contribution in [2.75, 3.05) is 18.5 Å². The van der Waals surface area contributed by atoms with Gasteiger partial charge in [-0.15, -0.1) is 0 Å². The lowest BCUT2D eigenvalue weighted by Gasteiger charge is -2.08. The van der Waals surface area contributed by atoms with Crippen LogP contribution in [0, 0.1) is 0 Å². The number of hydrogen-bond acceptors (Lipinski definition) is 5. The number of benzene rings is 2. The SMILES string of the molecule is CC(=O)c1cccc(NC(=O)COC(=O)CCNC(=O)c2ccc(Cl)cc2)c1. The first-order chi connectivity index (χ1) is 13.3. The molecule has 0 aliphatic rings. The molecule has 0 aromatic heterocycles. The summed E-state index contributed by atoms with van der Waals surface area (Å²) in [7, 11) is 0. The van der Waals surface area contributed by atoms with Crippen molar-refractivity contribution in [3.05, 3.63) is 64.7 Å². The number of hydrogen-bond donors (Lipinski definition) is 2. The van der Waals surface area contributed by atoms with Gasteiger partial charge in [-0.1, -0.05) is 23.7 Å². The maximum absolute atomic E-state index is 11.9. The van der Waals surface area contributed by atoms with Gasteiger partial charge in [0.05, 0.1) is 6.42 Å². The lowest BCUT2D eigenvalue weighted by molar-refractivity contribution is -0.147. The highest BCUT2D eigenvalue weighted by Crippen LogP contribution is 2.11. The molecule has 0 fully saturated rings. The first-order valence-electron chi connectivity index (χ1n) is 8.45. The third-order valence-electron chi connectivity index (χ3n) is 3.64. The fourth-order valence-corrected chi connectivity index (χ4v) is 2.34. The van der Waals surface area contributed by atoms with Gasteiger partial charge < -0.3 is 15.4 Å². The monoisotopic (exact) mass is 402 g/mol. The van der Waals surface area contributed by atoms with Crippen molar-refractivity contribution in [2.24, 2.45) is 0 Å². The molecule has 0 spiro atoms. The third kappa shape index (κ3) is 6.85. The Morgan fingerprint density at radius 3 is 2.39 bits per heavy atom. The summed E-state index contributed by atoms with van der Waals surface area (Å²) in [5.41, 5.74) is 1.32. The molecule has 28 heavy (non-hydrogen) atoms.